The normalized spacial score (nSPS) is 20.5. The van der Waals surface area contributed by atoms with Gasteiger partial charge in [0.15, 0.2) is 0 Å². The van der Waals surface area contributed by atoms with Crippen LogP contribution in [0, 0.1) is 0 Å². The summed E-state index contributed by atoms with van der Waals surface area (Å²) in [5.41, 5.74) is 5.63. The van der Waals surface area contributed by atoms with Crippen molar-refractivity contribution in [3.05, 3.63) is 53.0 Å². The van der Waals surface area contributed by atoms with Gasteiger partial charge in [0.25, 0.3) is 0 Å². The number of fused-ring (bicyclic) bond motifs is 2. The maximum atomic E-state index is 4.52. The predicted molar refractivity (Wildman–Crippen MR) is 84.6 cm³/mol. The fraction of sp³-hybridized carbons (Fsp3) is 0.444. The number of aryl methyl sites for hydroxylation is 2. The lowest BCUT2D eigenvalue weighted by molar-refractivity contribution is 0.602. The summed E-state index contributed by atoms with van der Waals surface area (Å²) < 4.78 is 0. The molecule has 2 aromatic rings. The highest BCUT2D eigenvalue weighted by Gasteiger charge is 2.21. The van der Waals surface area contributed by atoms with E-state index < -0.39 is 0 Å². The fourth-order valence-electron chi connectivity index (χ4n) is 3.66. The van der Waals surface area contributed by atoms with Crippen LogP contribution >= 0.6 is 0 Å². The first-order valence-electron chi connectivity index (χ1n) is 8.06. The van der Waals surface area contributed by atoms with E-state index >= 15 is 0 Å². The van der Waals surface area contributed by atoms with Gasteiger partial charge in [-0.05, 0) is 56.1 Å². The van der Waals surface area contributed by atoms with Gasteiger partial charge in [0.05, 0.1) is 0 Å². The molecule has 0 saturated carbocycles. The first kappa shape index (κ1) is 12.8. The summed E-state index contributed by atoms with van der Waals surface area (Å²) in [4.78, 5) is 8.98. The van der Waals surface area contributed by atoms with Gasteiger partial charge in [0.2, 0.25) is 0 Å². The molecule has 0 aliphatic heterocycles. The first-order chi connectivity index (χ1) is 10.4. The molecule has 0 fully saturated rings. The van der Waals surface area contributed by atoms with Crippen LogP contribution in [0.25, 0.3) is 0 Å². The van der Waals surface area contributed by atoms with Crippen LogP contribution < -0.4 is 5.32 Å². The molecule has 2 aliphatic carbocycles. The second-order valence-electron chi connectivity index (χ2n) is 6.21. The van der Waals surface area contributed by atoms with Crippen molar-refractivity contribution < 1.29 is 0 Å². The monoisotopic (exact) mass is 279 g/mol. The van der Waals surface area contributed by atoms with Crippen molar-refractivity contribution >= 4 is 5.82 Å². The predicted octanol–water partition coefficient (Wildman–Crippen LogP) is 3.32. The van der Waals surface area contributed by atoms with E-state index in [2.05, 4.69) is 39.6 Å². The summed E-state index contributed by atoms with van der Waals surface area (Å²) in [7, 11) is 0. The van der Waals surface area contributed by atoms with E-state index in [0.29, 0.717) is 6.04 Å². The number of anilines is 1. The lowest BCUT2D eigenvalue weighted by Crippen LogP contribution is -2.28. The van der Waals surface area contributed by atoms with Crippen molar-refractivity contribution in [2.24, 2.45) is 0 Å². The number of hydrogen-bond acceptors (Lipinski definition) is 3. The van der Waals surface area contributed by atoms with Gasteiger partial charge in [-0.1, -0.05) is 24.3 Å². The molecule has 0 radical (unpaired) electrons. The lowest BCUT2D eigenvalue weighted by atomic mass is 9.88. The maximum absolute atomic E-state index is 4.52. The zero-order valence-corrected chi connectivity index (χ0v) is 12.3. The van der Waals surface area contributed by atoms with Crippen molar-refractivity contribution in [2.45, 2.75) is 51.0 Å². The van der Waals surface area contributed by atoms with E-state index in [4.69, 9.17) is 0 Å². The Morgan fingerprint density at radius 1 is 0.952 bits per heavy atom. The van der Waals surface area contributed by atoms with Crippen LogP contribution in [0.5, 0.6) is 0 Å². The van der Waals surface area contributed by atoms with Crippen LogP contribution in [0.1, 0.15) is 41.6 Å². The van der Waals surface area contributed by atoms with Crippen molar-refractivity contribution in [1.29, 1.82) is 0 Å². The second kappa shape index (κ2) is 5.47. The van der Waals surface area contributed by atoms with E-state index in [0.717, 1.165) is 25.1 Å². The Kier molecular flexibility index (Phi) is 3.34. The summed E-state index contributed by atoms with van der Waals surface area (Å²) in [6.07, 6.45) is 9.96. The Morgan fingerprint density at radius 3 is 2.76 bits per heavy atom. The molecule has 0 spiro atoms. The molecule has 1 aromatic carbocycles. The average Bonchev–Trinajstić information content (AvgIpc) is 2.55. The van der Waals surface area contributed by atoms with Crippen LogP contribution in [0.15, 0.2) is 30.6 Å². The van der Waals surface area contributed by atoms with E-state index in [1.54, 1.807) is 6.33 Å². The van der Waals surface area contributed by atoms with Gasteiger partial charge in [-0.25, -0.2) is 9.97 Å². The van der Waals surface area contributed by atoms with Gasteiger partial charge in [-0.3, -0.25) is 0 Å². The van der Waals surface area contributed by atoms with Gasteiger partial charge >= 0.3 is 0 Å². The van der Waals surface area contributed by atoms with Crippen LogP contribution in [0.3, 0.4) is 0 Å². The molecule has 1 heterocycles. The fourth-order valence-corrected chi connectivity index (χ4v) is 3.66. The Bertz CT molecular complexity index is 651. The summed E-state index contributed by atoms with van der Waals surface area (Å²) in [5.74, 6) is 1.09. The highest BCUT2D eigenvalue weighted by atomic mass is 15.0. The third-order valence-corrected chi connectivity index (χ3v) is 4.81. The van der Waals surface area contributed by atoms with Gasteiger partial charge < -0.3 is 5.32 Å². The SMILES string of the molecule is c1ccc2c(c1)CCC(Nc1ncnc3c1CCCC3)C2. The van der Waals surface area contributed by atoms with Crippen molar-refractivity contribution in [3.8, 4) is 0 Å². The second-order valence-corrected chi connectivity index (χ2v) is 6.21. The summed E-state index contributed by atoms with van der Waals surface area (Å²) in [5, 5.41) is 3.70. The largest absolute Gasteiger partial charge is 0.367 e. The molecule has 108 valence electrons. The molecular weight excluding hydrogens is 258 g/mol. The molecule has 0 saturated heterocycles. The smallest absolute Gasteiger partial charge is 0.133 e. The van der Waals surface area contributed by atoms with E-state index in [1.807, 2.05) is 0 Å². The molecule has 1 N–H and O–H groups in total. The molecule has 2 aliphatic rings. The molecule has 3 nitrogen and oxygen atoms in total. The van der Waals surface area contributed by atoms with E-state index in [1.165, 1.54) is 48.1 Å². The highest BCUT2D eigenvalue weighted by molar-refractivity contribution is 5.48. The highest BCUT2D eigenvalue weighted by Crippen LogP contribution is 2.28. The molecule has 0 bridgehead atoms. The Morgan fingerprint density at radius 2 is 1.81 bits per heavy atom. The first-order valence-corrected chi connectivity index (χ1v) is 8.06. The van der Waals surface area contributed by atoms with E-state index in [9.17, 15) is 0 Å². The molecule has 3 heteroatoms. The molecular formula is C18H21N3. The van der Waals surface area contributed by atoms with Crippen LogP contribution in [0.2, 0.25) is 0 Å². The van der Waals surface area contributed by atoms with Crippen molar-refractivity contribution in [2.75, 3.05) is 5.32 Å². The third kappa shape index (κ3) is 2.53. The Labute approximate surface area is 125 Å². The lowest BCUT2D eigenvalue weighted by Gasteiger charge is -2.27. The number of rotatable bonds is 2. The number of nitrogens with zero attached hydrogens (tertiary/aromatic N) is 2. The van der Waals surface area contributed by atoms with Crippen molar-refractivity contribution in [1.82, 2.24) is 9.97 Å². The zero-order chi connectivity index (χ0) is 14.1. The van der Waals surface area contributed by atoms with Crippen LogP contribution in [-0.4, -0.2) is 16.0 Å². The number of aromatic nitrogens is 2. The minimum atomic E-state index is 0.501. The zero-order valence-electron chi connectivity index (χ0n) is 12.3. The van der Waals surface area contributed by atoms with Crippen molar-refractivity contribution in [3.63, 3.8) is 0 Å². The summed E-state index contributed by atoms with van der Waals surface area (Å²) >= 11 is 0. The van der Waals surface area contributed by atoms with Crippen LogP contribution in [0.4, 0.5) is 5.82 Å². The maximum Gasteiger partial charge on any atom is 0.133 e. The van der Waals surface area contributed by atoms with Gasteiger partial charge in [-0.15, -0.1) is 0 Å². The average molecular weight is 279 g/mol. The topological polar surface area (TPSA) is 37.8 Å². The standard InChI is InChI=1S/C18H21N3/c1-2-6-14-11-15(10-9-13(14)5-1)21-18-16-7-3-4-8-17(16)19-12-20-18/h1-2,5-6,12,15H,3-4,7-11H2,(H,19,20,21). The minimum absolute atomic E-state index is 0.501. The molecule has 1 unspecified atom stereocenters. The van der Waals surface area contributed by atoms with Gasteiger partial charge in [0, 0.05) is 17.3 Å². The molecule has 1 aromatic heterocycles. The molecule has 1 atom stereocenters. The van der Waals surface area contributed by atoms with Gasteiger partial charge in [0.1, 0.15) is 12.1 Å². The number of nitrogens with one attached hydrogen (secondary N) is 1. The van der Waals surface area contributed by atoms with Crippen LogP contribution in [-0.2, 0) is 25.7 Å². The minimum Gasteiger partial charge on any atom is -0.367 e. The summed E-state index contributed by atoms with van der Waals surface area (Å²) in [6, 6.07) is 9.32. The Balaban J connectivity index is 1.55. The quantitative estimate of drug-likeness (QED) is 0.916. The van der Waals surface area contributed by atoms with E-state index in [-0.39, 0.29) is 0 Å². The Hall–Kier alpha value is -1.90. The third-order valence-electron chi connectivity index (χ3n) is 4.81. The summed E-state index contributed by atoms with van der Waals surface area (Å²) in [6.45, 7) is 0. The number of hydrogen-bond donors (Lipinski definition) is 1. The number of benzene rings is 1. The molecule has 21 heavy (non-hydrogen) atoms. The molecule has 0 amide bonds. The van der Waals surface area contributed by atoms with Gasteiger partial charge in [-0.2, -0.15) is 0 Å². The molecule has 4 rings (SSSR count).